The fourth-order valence-electron chi connectivity index (χ4n) is 3.01. The molecular weight excluding hydrogens is 370 g/mol. The average Bonchev–Trinajstić information content (AvgIpc) is 3.07. The fourth-order valence-corrected chi connectivity index (χ4v) is 3.01. The van der Waals surface area contributed by atoms with Gasteiger partial charge in [0.15, 0.2) is 11.5 Å². The maximum atomic E-state index is 12.7. The van der Waals surface area contributed by atoms with Crippen LogP contribution in [0.15, 0.2) is 64.8 Å². The molecule has 4 rings (SSSR count). The number of nitrogens with zero attached hydrogens (tertiary/aromatic N) is 6. The third kappa shape index (κ3) is 3.84. The molecule has 0 aliphatic carbocycles. The third-order valence-corrected chi connectivity index (χ3v) is 4.34. The first-order chi connectivity index (χ1) is 14.0. The summed E-state index contributed by atoms with van der Waals surface area (Å²) in [5.74, 6) is -0.275. The average molecular weight is 387 g/mol. The molecule has 0 spiro atoms. The van der Waals surface area contributed by atoms with Crippen molar-refractivity contribution in [3.05, 3.63) is 77.3 Å². The highest BCUT2D eigenvalue weighted by Gasteiger charge is 2.18. The van der Waals surface area contributed by atoms with Crippen LogP contribution in [0.5, 0.6) is 0 Å². The molecule has 1 N–H and O–H groups in total. The SMILES string of the molecule is Cc1cc(C)n(-c2ccc(C(=O)Nc3ccccc3C3C=CC(=O)N=N3)nn2)n1. The minimum absolute atomic E-state index is 0.168. The van der Waals surface area contributed by atoms with Crippen molar-refractivity contribution in [1.29, 1.82) is 0 Å². The number of hydrogen-bond acceptors (Lipinski definition) is 6. The zero-order valence-electron chi connectivity index (χ0n) is 15.8. The molecule has 2 amide bonds. The number of rotatable bonds is 4. The molecule has 9 nitrogen and oxygen atoms in total. The maximum Gasteiger partial charge on any atom is 0.287 e. The van der Waals surface area contributed by atoms with Crippen LogP contribution in [0.3, 0.4) is 0 Å². The number of anilines is 1. The van der Waals surface area contributed by atoms with Crippen molar-refractivity contribution in [2.24, 2.45) is 10.2 Å². The molecule has 9 heteroatoms. The number of nitrogens with one attached hydrogen (secondary N) is 1. The van der Waals surface area contributed by atoms with Crippen LogP contribution < -0.4 is 5.32 Å². The van der Waals surface area contributed by atoms with E-state index < -0.39 is 17.9 Å². The summed E-state index contributed by atoms with van der Waals surface area (Å²) >= 11 is 0. The summed E-state index contributed by atoms with van der Waals surface area (Å²) < 4.78 is 1.67. The summed E-state index contributed by atoms with van der Waals surface area (Å²) in [7, 11) is 0. The van der Waals surface area contributed by atoms with Crippen LogP contribution in [-0.4, -0.2) is 31.8 Å². The Morgan fingerprint density at radius 1 is 1.10 bits per heavy atom. The Kier molecular flexibility index (Phi) is 4.78. The van der Waals surface area contributed by atoms with E-state index in [0.29, 0.717) is 11.5 Å². The molecule has 2 aromatic heterocycles. The van der Waals surface area contributed by atoms with Crippen molar-refractivity contribution in [2.75, 3.05) is 5.32 Å². The summed E-state index contributed by atoms with van der Waals surface area (Å²) in [6.45, 7) is 3.82. The van der Waals surface area contributed by atoms with Gasteiger partial charge in [-0.05, 0) is 44.2 Å². The molecule has 1 aliphatic rings. The van der Waals surface area contributed by atoms with Gasteiger partial charge < -0.3 is 5.32 Å². The number of azo groups is 1. The lowest BCUT2D eigenvalue weighted by molar-refractivity contribution is -0.114. The Bertz CT molecular complexity index is 1130. The molecule has 0 bridgehead atoms. The van der Waals surface area contributed by atoms with E-state index in [9.17, 15) is 9.59 Å². The van der Waals surface area contributed by atoms with E-state index in [1.165, 1.54) is 6.08 Å². The Hall–Kier alpha value is -4.01. The first-order valence-electron chi connectivity index (χ1n) is 8.92. The molecule has 0 saturated carbocycles. The minimum Gasteiger partial charge on any atom is -0.320 e. The molecule has 0 radical (unpaired) electrons. The van der Waals surface area contributed by atoms with Crippen LogP contribution in [0, 0.1) is 13.8 Å². The highest BCUT2D eigenvalue weighted by atomic mass is 16.2. The van der Waals surface area contributed by atoms with Crippen LogP contribution in [-0.2, 0) is 4.79 Å². The topological polar surface area (TPSA) is 114 Å². The molecule has 144 valence electrons. The number of benzene rings is 1. The third-order valence-electron chi connectivity index (χ3n) is 4.34. The van der Waals surface area contributed by atoms with E-state index in [1.807, 2.05) is 32.0 Å². The second-order valence-corrected chi connectivity index (χ2v) is 6.51. The standard InChI is InChI=1S/C20H17N7O2/c1-12-11-13(2)27(26-12)18-9-7-17(23-24-18)20(29)21-15-6-4-3-5-14(15)16-8-10-19(28)25-22-16/h3-11,16H,1-2H3,(H,21,29). The van der Waals surface area contributed by atoms with E-state index in [2.05, 4.69) is 30.8 Å². The van der Waals surface area contributed by atoms with Crippen LogP contribution >= 0.6 is 0 Å². The maximum absolute atomic E-state index is 12.7. The zero-order chi connectivity index (χ0) is 20.4. The minimum atomic E-state index is -0.441. The second-order valence-electron chi connectivity index (χ2n) is 6.51. The van der Waals surface area contributed by atoms with Gasteiger partial charge in [-0.2, -0.15) is 10.2 Å². The fraction of sp³-hybridized carbons (Fsp3) is 0.150. The van der Waals surface area contributed by atoms with Gasteiger partial charge in [-0.1, -0.05) is 18.2 Å². The number of para-hydroxylation sites is 1. The highest BCUT2D eigenvalue weighted by molar-refractivity contribution is 6.03. The monoisotopic (exact) mass is 387 g/mol. The predicted molar refractivity (Wildman–Crippen MR) is 105 cm³/mol. The molecule has 3 heterocycles. The molecule has 0 saturated heterocycles. The van der Waals surface area contributed by atoms with Crippen molar-refractivity contribution in [3.8, 4) is 5.82 Å². The van der Waals surface area contributed by atoms with Crippen LogP contribution in [0.4, 0.5) is 5.69 Å². The van der Waals surface area contributed by atoms with Crippen molar-refractivity contribution >= 4 is 17.5 Å². The van der Waals surface area contributed by atoms with Gasteiger partial charge in [-0.15, -0.1) is 15.3 Å². The summed E-state index contributed by atoms with van der Waals surface area (Å²) in [6.07, 6.45) is 3.00. The van der Waals surface area contributed by atoms with Gasteiger partial charge in [-0.25, -0.2) is 4.68 Å². The van der Waals surface area contributed by atoms with Crippen LogP contribution in [0.25, 0.3) is 5.82 Å². The van der Waals surface area contributed by atoms with Crippen LogP contribution in [0.2, 0.25) is 0 Å². The van der Waals surface area contributed by atoms with E-state index in [4.69, 9.17) is 0 Å². The van der Waals surface area contributed by atoms with Gasteiger partial charge >= 0.3 is 0 Å². The van der Waals surface area contributed by atoms with Gasteiger partial charge in [0.25, 0.3) is 11.8 Å². The molecule has 29 heavy (non-hydrogen) atoms. The van der Waals surface area contributed by atoms with E-state index in [1.54, 1.807) is 35.0 Å². The lowest BCUT2D eigenvalue weighted by Crippen LogP contribution is -2.17. The number of amides is 2. The van der Waals surface area contributed by atoms with E-state index in [-0.39, 0.29) is 5.69 Å². The molecule has 1 aliphatic heterocycles. The number of aromatic nitrogens is 4. The summed E-state index contributed by atoms with van der Waals surface area (Å²) in [4.78, 5) is 23.9. The number of carbonyl (C=O) groups excluding carboxylic acids is 2. The Morgan fingerprint density at radius 3 is 2.59 bits per heavy atom. The first kappa shape index (κ1) is 18.4. The van der Waals surface area contributed by atoms with Crippen molar-refractivity contribution in [1.82, 2.24) is 20.0 Å². The van der Waals surface area contributed by atoms with Gasteiger partial charge in [0.2, 0.25) is 0 Å². The normalized spacial score (nSPS) is 15.5. The van der Waals surface area contributed by atoms with Gasteiger partial charge in [0.05, 0.1) is 5.69 Å². The molecular formula is C20H17N7O2. The number of hydrogen-bond donors (Lipinski definition) is 1. The van der Waals surface area contributed by atoms with Crippen molar-refractivity contribution in [3.63, 3.8) is 0 Å². The Labute approximate surface area is 166 Å². The lowest BCUT2D eigenvalue weighted by Gasteiger charge is -2.15. The van der Waals surface area contributed by atoms with Crippen LogP contribution in [0.1, 0.15) is 33.5 Å². The van der Waals surface area contributed by atoms with Crippen molar-refractivity contribution in [2.45, 2.75) is 19.9 Å². The molecule has 3 aromatic rings. The smallest absolute Gasteiger partial charge is 0.287 e. The van der Waals surface area contributed by atoms with E-state index >= 15 is 0 Å². The molecule has 1 atom stereocenters. The predicted octanol–water partition coefficient (Wildman–Crippen LogP) is 3.12. The highest BCUT2D eigenvalue weighted by Crippen LogP contribution is 2.29. The van der Waals surface area contributed by atoms with Gasteiger partial charge in [0.1, 0.15) is 6.04 Å². The van der Waals surface area contributed by atoms with Gasteiger partial charge in [0, 0.05) is 23.0 Å². The Balaban J connectivity index is 1.55. The molecule has 1 unspecified atom stereocenters. The number of aryl methyl sites for hydroxylation is 2. The number of carbonyl (C=O) groups is 2. The molecule has 1 aromatic carbocycles. The zero-order valence-corrected chi connectivity index (χ0v) is 15.8. The summed E-state index contributed by atoms with van der Waals surface area (Å²) in [6, 6.07) is 12.0. The Morgan fingerprint density at radius 2 is 1.93 bits per heavy atom. The molecule has 0 fully saturated rings. The summed E-state index contributed by atoms with van der Waals surface area (Å²) in [5, 5.41) is 22.9. The quantitative estimate of drug-likeness (QED) is 0.739. The first-order valence-corrected chi connectivity index (χ1v) is 8.92. The second kappa shape index (κ2) is 7.55. The summed E-state index contributed by atoms with van der Waals surface area (Å²) in [5.41, 5.74) is 3.25. The lowest BCUT2D eigenvalue weighted by atomic mass is 10.0. The van der Waals surface area contributed by atoms with Gasteiger partial charge in [-0.3, -0.25) is 9.59 Å². The van der Waals surface area contributed by atoms with Crippen molar-refractivity contribution < 1.29 is 9.59 Å². The van der Waals surface area contributed by atoms with E-state index in [0.717, 1.165) is 17.0 Å². The largest absolute Gasteiger partial charge is 0.320 e.